The highest BCUT2D eigenvalue weighted by Gasteiger charge is 2.17. The average molecular weight is 334 g/mol. The number of carbonyl (C=O) groups excluding carboxylic acids is 1. The molecule has 1 unspecified atom stereocenters. The summed E-state index contributed by atoms with van der Waals surface area (Å²) in [6.45, 7) is 8.10. The summed E-state index contributed by atoms with van der Waals surface area (Å²) in [5.74, 6) is -0.0462. The first-order chi connectivity index (χ1) is 10.6. The fourth-order valence-corrected chi connectivity index (χ4v) is 3.54. The molecule has 2 rings (SSSR count). The van der Waals surface area contributed by atoms with E-state index in [1.54, 1.807) is 6.08 Å². The van der Waals surface area contributed by atoms with Crippen LogP contribution in [0.4, 0.5) is 10.8 Å². The third kappa shape index (κ3) is 4.57. The molecule has 1 aromatic heterocycles. The second-order valence-corrected chi connectivity index (χ2v) is 7.17. The van der Waals surface area contributed by atoms with Crippen LogP contribution in [0, 0.1) is 6.92 Å². The van der Waals surface area contributed by atoms with Gasteiger partial charge in [0.1, 0.15) is 0 Å². The van der Waals surface area contributed by atoms with Crippen LogP contribution in [0.25, 0.3) is 0 Å². The van der Waals surface area contributed by atoms with Gasteiger partial charge in [-0.3, -0.25) is 4.79 Å². The molecule has 22 heavy (non-hydrogen) atoms. The number of hydrogen-bond acceptors (Lipinski definition) is 6. The van der Waals surface area contributed by atoms with E-state index in [2.05, 4.69) is 27.4 Å². The van der Waals surface area contributed by atoms with Crippen LogP contribution in [0.3, 0.4) is 0 Å². The van der Waals surface area contributed by atoms with E-state index in [1.807, 2.05) is 38.1 Å². The van der Waals surface area contributed by atoms with Gasteiger partial charge in [-0.25, -0.2) is 0 Å². The molecule has 0 saturated carbocycles. The minimum atomic E-state index is -0.250. The Balaban J connectivity index is 1.92. The Kier molecular flexibility index (Phi) is 5.97. The molecule has 1 atom stereocenters. The van der Waals surface area contributed by atoms with Crippen LogP contribution >= 0.6 is 23.1 Å². The van der Waals surface area contributed by atoms with E-state index in [1.165, 1.54) is 23.1 Å². The van der Waals surface area contributed by atoms with Crippen LogP contribution in [0.2, 0.25) is 0 Å². The number of aromatic nitrogens is 2. The minimum absolute atomic E-state index is 0.0462. The van der Waals surface area contributed by atoms with Gasteiger partial charge in [0.25, 0.3) is 0 Å². The van der Waals surface area contributed by atoms with Crippen molar-refractivity contribution < 1.29 is 4.79 Å². The number of carbonyl (C=O) groups is 1. The lowest BCUT2D eigenvalue weighted by molar-refractivity contribution is -0.115. The van der Waals surface area contributed by atoms with E-state index in [-0.39, 0.29) is 11.2 Å². The van der Waals surface area contributed by atoms with Crippen molar-refractivity contribution >= 4 is 39.8 Å². The molecule has 7 heteroatoms. The summed E-state index contributed by atoms with van der Waals surface area (Å²) in [7, 11) is 0. The van der Waals surface area contributed by atoms with Crippen molar-refractivity contribution in [3.63, 3.8) is 0 Å². The van der Waals surface area contributed by atoms with Crippen molar-refractivity contribution in [3.05, 3.63) is 42.5 Å². The van der Waals surface area contributed by atoms with E-state index in [0.29, 0.717) is 6.54 Å². The van der Waals surface area contributed by atoms with E-state index < -0.39 is 0 Å². The predicted octanol–water partition coefficient (Wildman–Crippen LogP) is 3.56. The molecule has 0 radical (unpaired) electrons. The molecular weight excluding hydrogens is 316 g/mol. The molecule has 0 saturated heterocycles. The highest BCUT2D eigenvalue weighted by molar-refractivity contribution is 8.02. The summed E-state index contributed by atoms with van der Waals surface area (Å²) in [4.78, 5) is 12.2. The number of aryl methyl sites for hydroxylation is 1. The zero-order valence-electron chi connectivity index (χ0n) is 12.5. The second kappa shape index (κ2) is 7.95. The van der Waals surface area contributed by atoms with Crippen LogP contribution < -0.4 is 10.6 Å². The molecule has 0 fully saturated rings. The maximum absolute atomic E-state index is 12.2. The first-order valence-electron chi connectivity index (χ1n) is 6.81. The third-order valence-electron chi connectivity index (χ3n) is 2.85. The van der Waals surface area contributed by atoms with Crippen molar-refractivity contribution in [1.82, 2.24) is 10.2 Å². The Hall–Kier alpha value is -1.86. The van der Waals surface area contributed by atoms with E-state index in [9.17, 15) is 4.79 Å². The van der Waals surface area contributed by atoms with Crippen LogP contribution in [0.5, 0.6) is 0 Å². The summed E-state index contributed by atoms with van der Waals surface area (Å²) in [6.07, 6.45) is 1.76. The van der Waals surface area contributed by atoms with Gasteiger partial charge in [-0.15, -0.1) is 16.8 Å². The number of thioether (sulfide) groups is 1. The smallest absolute Gasteiger partial charge is 0.237 e. The lowest BCUT2D eigenvalue weighted by Crippen LogP contribution is -2.22. The summed E-state index contributed by atoms with van der Waals surface area (Å²) in [5.41, 5.74) is 1.88. The Morgan fingerprint density at radius 2 is 2.23 bits per heavy atom. The molecule has 1 heterocycles. The maximum atomic E-state index is 12.2. The molecule has 2 N–H and O–H groups in total. The normalized spacial score (nSPS) is 11.7. The van der Waals surface area contributed by atoms with Crippen molar-refractivity contribution in [2.24, 2.45) is 0 Å². The number of anilines is 2. The van der Waals surface area contributed by atoms with Gasteiger partial charge in [-0.05, 0) is 25.5 Å². The van der Waals surface area contributed by atoms with Crippen molar-refractivity contribution in [1.29, 1.82) is 0 Å². The van der Waals surface area contributed by atoms with Crippen LogP contribution in [-0.4, -0.2) is 27.9 Å². The quantitative estimate of drug-likeness (QED) is 0.598. The Labute approximate surface area is 138 Å². The maximum Gasteiger partial charge on any atom is 0.237 e. The molecule has 0 aliphatic heterocycles. The van der Waals surface area contributed by atoms with Crippen molar-refractivity contribution in [2.45, 2.75) is 23.4 Å². The topological polar surface area (TPSA) is 66.9 Å². The van der Waals surface area contributed by atoms with Gasteiger partial charge >= 0.3 is 0 Å². The number of nitrogens with one attached hydrogen (secondary N) is 2. The molecular formula is C15H18N4OS2. The average Bonchev–Trinajstić information content (AvgIpc) is 2.94. The summed E-state index contributed by atoms with van der Waals surface area (Å²) in [5, 5.41) is 14.6. The minimum Gasteiger partial charge on any atom is -0.357 e. The van der Waals surface area contributed by atoms with Crippen LogP contribution in [-0.2, 0) is 4.79 Å². The van der Waals surface area contributed by atoms with Gasteiger partial charge in [0.05, 0.1) is 5.25 Å². The highest BCUT2D eigenvalue weighted by atomic mass is 32.2. The molecule has 5 nitrogen and oxygen atoms in total. The van der Waals surface area contributed by atoms with Gasteiger partial charge in [-0.1, -0.05) is 47.4 Å². The van der Waals surface area contributed by atoms with E-state index in [4.69, 9.17) is 0 Å². The number of rotatable bonds is 7. The molecule has 0 aliphatic carbocycles. The Morgan fingerprint density at radius 3 is 2.95 bits per heavy atom. The van der Waals surface area contributed by atoms with Crippen LogP contribution in [0.15, 0.2) is 41.3 Å². The monoisotopic (exact) mass is 334 g/mol. The van der Waals surface area contributed by atoms with Gasteiger partial charge in [0.15, 0.2) is 4.34 Å². The molecule has 1 amide bonds. The van der Waals surface area contributed by atoms with Crippen molar-refractivity contribution in [3.8, 4) is 0 Å². The zero-order valence-corrected chi connectivity index (χ0v) is 14.1. The first-order valence-corrected chi connectivity index (χ1v) is 8.51. The molecule has 116 valence electrons. The first kappa shape index (κ1) is 16.5. The molecule has 0 bridgehead atoms. The molecule has 0 spiro atoms. The van der Waals surface area contributed by atoms with Gasteiger partial charge in [0, 0.05) is 12.2 Å². The number of nitrogens with zero attached hydrogens (tertiary/aromatic N) is 2. The van der Waals surface area contributed by atoms with Gasteiger partial charge in [-0.2, -0.15) is 0 Å². The standard InChI is InChI=1S/C15H18N4OS2/c1-4-9-16-14-18-19-15(22-14)21-11(3)13(20)17-12-8-6-5-7-10(12)2/h4-8,11H,1,9H2,2-3H3,(H,16,18)(H,17,20). The number of amides is 1. The fourth-order valence-electron chi connectivity index (χ4n) is 1.64. The van der Waals surface area contributed by atoms with Gasteiger partial charge in [0.2, 0.25) is 11.0 Å². The summed E-state index contributed by atoms with van der Waals surface area (Å²) < 4.78 is 0.763. The second-order valence-electron chi connectivity index (χ2n) is 4.61. The Bertz CT molecular complexity index is 656. The molecule has 1 aromatic carbocycles. The van der Waals surface area contributed by atoms with E-state index in [0.717, 1.165) is 20.7 Å². The highest BCUT2D eigenvalue weighted by Crippen LogP contribution is 2.29. The molecule has 2 aromatic rings. The zero-order chi connectivity index (χ0) is 15.9. The van der Waals surface area contributed by atoms with Crippen molar-refractivity contribution in [2.75, 3.05) is 17.2 Å². The third-order valence-corrected chi connectivity index (χ3v) is 4.92. The lowest BCUT2D eigenvalue weighted by atomic mass is 10.2. The largest absolute Gasteiger partial charge is 0.357 e. The van der Waals surface area contributed by atoms with Crippen LogP contribution in [0.1, 0.15) is 12.5 Å². The predicted molar refractivity (Wildman–Crippen MR) is 93.7 cm³/mol. The number of benzene rings is 1. The van der Waals surface area contributed by atoms with E-state index >= 15 is 0 Å². The Morgan fingerprint density at radius 1 is 1.45 bits per heavy atom. The lowest BCUT2D eigenvalue weighted by Gasteiger charge is -2.11. The summed E-state index contributed by atoms with van der Waals surface area (Å²) >= 11 is 2.83. The molecule has 0 aliphatic rings. The summed E-state index contributed by atoms with van der Waals surface area (Å²) in [6, 6.07) is 7.72. The number of hydrogen-bond donors (Lipinski definition) is 2. The number of para-hydroxylation sites is 1. The SMILES string of the molecule is C=CCNc1nnc(SC(C)C(=O)Nc2ccccc2C)s1. The fraction of sp³-hybridized carbons (Fsp3) is 0.267. The van der Waals surface area contributed by atoms with Gasteiger partial charge < -0.3 is 10.6 Å².